The van der Waals surface area contributed by atoms with Gasteiger partial charge < -0.3 is 14.2 Å². The standard InChI is InChI=1S/C37H76O3/c1-9-11-13-15-17-18-19-20-21-22-23-24-25-26-28-30-32-36(31-29-27-16-14-12-10-2)37(38-33(3)4,39-34(5)6)40-35(7)8/h33-36H,9-32H2,1-8H3. The Kier molecular flexibility index (Phi) is 27.6. The molecule has 3 nitrogen and oxygen atoms in total. The minimum Gasteiger partial charge on any atom is -0.324 e. The highest BCUT2D eigenvalue weighted by atomic mass is 16.9. The van der Waals surface area contributed by atoms with Gasteiger partial charge in [-0.25, -0.2) is 0 Å². The van der Waals surface area contributed by atoms with Crippen molar-refractivity contribution in [1.29, 1.82) is 0 Å². The number of rotatable bonds is 31. The summed E-state index contributed by atoms with van der Waals surface area (Å²) in [6.07, 6.45) is 32.8. The van der Waals surface area contributed by atoms with Crippen LogP contribution in [-0.2, 0) is 14.2 Å². The minimum absolute atomic E-state index is 0.0651. The van der Waals surface area contributed by atoms with Crippen LogP contribution in [0.4, 0.5) is 0 Å². The fourth-order valence-corrected chi connectivity index (χ4v) is 5.97. The largest absolute Gasteiger partial charge is 0.324 e. The fourth-order valence-electron chi connectivity index (χ4n) is 5.97. The van der Waals surface area contributed by atoms with Crippen LogP contribution < -0.4 is 0 Å². The van der Waals surface area contributed by atoms with Crippen LogP contribution in [0.15, 0.2) is 0 Å². The first-order valence-electron chi connectivity index (χ1n) is 18.3. The second kappa shape index (κ2) is 27.7. The topological polar surface area (TPSA) is 27.7 Å². The molecule has 0 spiro atoms. The van der Waals surface area contributed by atoms with Gasteiger partial charge in [0, 0.05) is 5.92 Å². The Morgan fingerprint density at radius 2 is 0.575 bits per heavy atom. The lowest BCUT2D eigenvalue weighted by molar-refractivity contribution is -0.433. The van der Waals surface area contributed by atoms with Crippen molar-refractivity contribution < 1.29 is 14.2 Å². The maximum absolute atomic E-state index is 6.55. The summed E-state index contributed by atoms with van der Waals surface area (Å²) in [6, 6.07) is 0. The summed E-state index contributed by atoms with van der Waals surface area (Å²) < 4.78 is 19.7. The van der Waals surface area contributed by atoms with E-state index in [0.717, 1.165) is 12.8 Å². The molecule has 0 saturated carbocycles. The average molecular weight is 569 g/mol. The highest BCUT2D eigenvalue weighted by Crippen LogP contribution is 2.37. The fraction of sp³-hybridized carbons (Fsp3) is 1.00. The van der Waals surface area contributed by atoms with Gasteiger partial charge in [0.05, 0.1) is 18.3 Å². The van der Waals surface area contributed by atoms with Gasteiger partial charge in [0.25, 0.3) is 5.97 Å². The molecule has 1 unspecified atom stereocenters. The van der Waals surface area contributed by atoms with E-state index in [2.05, 4.69) is 55.4 Å². The smallest absolute Gasteiger partial charge is 0.286 e. The predicted octanol–water partition coefficient (Wildman–Crippen LogP) is 12.9. The monoisotopic (exact) mass is 569 g/mol. The molecule has 0 aliphatic carbocycles. The predicted molar refractivity (Wildman–Crippen MR) is 177 cm³/mol. The molecule has 0 aliphatic rings. The van der Waals surface area contributed by atoms with Crippen molar-refractivity contribution in [3.8, 4) is 0 Å². The maximum atomic E-state index is 6.55. The first-order valence-corrected chi connectivity index (χ1v) is 18.3. The molecule has 0 aromatic rings. The van der Waals surface area contributed by atoms with E-state index < -0.39 is 5.97 Å². The minimum atomic E-state index is -0.935. The normalized spacial score (nSPS) is 13.3. The first-order chi connectivity index (χ1) is 19.3. The van der Waals surface area contributed by atoms with Gasteiger partial charge in [0.1, 0.15) is 0 Å². The molecule has 0 aliphatic heterocycles. The Hall–Kier alpha value is -0.120. The van der Waals surface area contributed by atoms with E-state index in [-0.39, 0.29) is 24.2 Å². The molecule has 0 saturated heterocycles. The molecular formula is C37H76O3. The Balaban J connectivity index is 4.52. The molecule has 0 fully saturated rings. The summed E-state index contributed by atoms with van der Waals surface area (Å²) in [5, 5.41) is 0. The summed E-state index contributed by atoms with van der Waals surface area (Å²) in [6.45, 7) is 17.2. The summed E-state index contributed by atoms with van der Waals surface area (Å²) in [5.74, 6) is -0.660. The molecule has 0 heterocycles. The van der Waals surface area contributed by atoms with Crippen molar-refractivity contribution in [2.45, 2.75) is 234 Å². The van der Waals surface area contributed by atoms with Crippen LogP contribution in [0.3, 0.4) is 0 Å². The third kappa shape index (κ3) is 23.4. The molecule has 242 valence electrons. The number of hydrogen-bond acceptors (Lipinski definition) is 3. The zero-order chi connectivity index (χ0) is 29.9. The van der Waals surface area contributed by atoms with Crippen LogP contribution in [0.2, 0.25) is 0 Å². The van der Waals surface area contributed by atoms with Gasteiger partial charge in [-0.15, -0.1) is 0 Å². The van der Waals surface area contributed by atoms with Gasteiger partial charge in [-0.3, -0.25) is 0 Å². The van der Waals surface area contributed by atoms with Crippen molar-refractivity contribution in [3.05, 3.63) is 0 Å². The highest BCUT2D eigenvalue weighted by Gasteiger charge is 2.44. The molecule has 1 atom stereocenters. The zero-order valence-corrected chi connectivity index (χ0v) is 29.0. The molecule has 0 rings (SSSR count). The summed E-state index contributed by atoms with van der Waals surface area (Å²) in [7, 11) is 0. The molecule has 3 heteroatoms. The van der Waals surface area contributed by atoms with Crippen molar-refractivity contribution in [1.82, 2.24) is 0 Å². The van der Waals surface area contributed by atoms with E-state index in [4.69, 9.17) is 14.2 Å². The van der Waals surface area contributed by atoms with E-state index in [1.807, 2.05) is 0 Å². The summed E-state index contributed by atoms with van der Waals surface area (Å²) >= 11 is 0. The van der Waals surface area contributed by atoms with E-state index >= 15 is 0 Å². The summed E-state index contributed by atoms with van der Waals surface area (Å²) in [5.41, 5.74) is 0. The zero-order valence-electron chi connectivity index (χ0n) is 29.0. The average Bonchev–Trinajstić information content (AvgIpc) is 2.87. The SMILES string of the molecule is CCCCCCCCCCCCCCCCCCC(CCCCCCCC)C(OC(C)C)(OC(C)C)OC(C)C. The van der Waals surface area contributed by atoms with Crippen LogP contribution in [0.25, 0.3) is 0 Å². The number of hydrogen-bond donors (Lipinski definition) is 0. The molecule has 0 aromatic carbocycles. The highest BCUT2D eigenvalue weighted by molar-refractivity contribution is 4.76. The van der Waals surface area contributed by atoms with Crippen molar-refractivity contribution in [2.24, 2.45) is 5.92 Å². The number of ether oxygens (including phenoxy) is 3. The van der Waals surface area contributed by atoms with Gasteiger partial charge >= 0.3 is 0 Å². The van der Waals surface area contributed by atoms with Crippen LogP contribution in [0, 0.1) is 5.92 Å². The summed E-state index contributed by atoms with van der Waals surface area (Å²) in [4.78, 5) is 0. The third-order valence-electron chi connectivity index (χ3n) is 8.01. The lowest BCUT2D eigenvalue weighted by Crippen LogP contribution is -2.50. The van der Waals surface area contributed by atoms with E-state index in [1.54, 1.807) is 0 Å². The Morgan fingerprint density at radius 3 is 0.800 bits per heavy atom. The van der Waals surface area contributed by atoms with Crippen LogP contribution in [0.1, 0.15) is 209 Å². The molecule has 0 aromatic heterocycles. The van der Waals surface area contributed by atoms with Crippen LogP contribution in [0.5, 0.6) is 0 Å². The van der Waals surface area contributed by atoms with Crippen molar-refractivity contribution in [3.63, 3.8) is 0 Å². The second-order valence-corrected chi connectivity index (χ2v) is 13.4. The Labute approximate surface area is 253 Å². The maximum Gasteiger partial charge on any atom is 0.286 e. The molecule has 0 amide bonds. The Bertz CT molecular complexity index is 475. The van der Waals surface area contributed by atoms with Crippen LogP contribution >= 0.6 is 0 Å². The van der Waals surface area contributed by atoms with Crippen LogP contribution in [-0.4, -0.2) is 24.3 Å². The van der Waals surface area contributed by atoms with Crippen molar-refractivity contribution >= 4 is 0 Å². The van der Waals surface area contributed by atoms with Gasteiger partial charge in [-0.2, -0.15) is 0 Å². The molecule has 40 heavy (non-hydrogen) atoms. The van der Waals surface area contributed by atoms with Gasteiger partial charge in [0.2, 0.25) is 0 Å². The van der Waals surface area contributed by atoms with E-state index in [0.29, 0.717) is 0 Å². The quantitative estimate of drug-likeness (QED) is 0.0615. The van der Waals surface area contributed by atoms with Crippen molar-refractivity contribution in [2.75, 3.05) is 0 Å². The van der Waals surface area contributed by atoms with Gasteiger partial charge in [-0.05, 0) is 54.4 Å². The lowest BCUT2D eigenvalue weighted by atomic mass is 9.91. The number of unbranched alkanes of at least 4 members (excludes halogenated alkanes) is 20. The van der Waals surface area contributed by atoms with Gasteiger partial charge in [0.15, 0.2) is 0 Å². The first kappa shape index (κ1) is 39.9. The molecule has 0 radical (unpaired) electrons. The van der Waals surface area contributed by atoms with E-state index in [1.165, 1.54) is 141 Å². The Morgan fingerprint density at radius 1 is 0.350 bits per heavy atom. The van der Waals surface area contributed by atoms with Gasteiger partial charge in [-0.1, -0.05) is 155 Å². The second-order valence-electron chi connectivity index (χ2n) is 13.4. The molecule has 0 N–H and O–H groups in total. The third-order valence-corrected chi connectivity index (χ3v) is 8.01. The lowest BCUT2D eigenvalue weighted by Gasteiger charge is -2.43. The molecular weight excluding hydrogens is 492 g/mol. The van der Waals surface area contributed by atoms with E-state index in [9.17, 15) is 0 Å². The molecule has 0 bridgehead atoms.